The lowest BCUT2D eigenvalue weighted by molar-refractivity contribution is -0.00000721. The molecule has 0 aliphatic heterocycles. The highest BCUT2D eigenvalue weighted by atomic mass is 35.5. The zero-order valence-corrected chi connectivity index (χ0v) is 24.6. The zero-order chi connectivity index (χ0) is 23.3. The van der Waals surface area contributed by atoms with Crippen LogP contribution in [0, 0.1) is 0 Å². The molecule has 194 valence electrons. The molecule has 0 aliphatic carbocycles. The van der Waals surface area contributed by atoms with E-state index in [0.29, 0.717) is 0 Å². The standard InChI is InChI=1S/C31H58P.ClH/c1-5-9-13-14-15-16-17-18-19-20-21-30-22-24-31(25-23-30)29-32(26-10-6-2,27-11-7-3)28-12-8-4;/h22-25H,5-21,26-29H2,1-4H3;1H/q+1;/p-1. The molecule has 0 saturated heterocycles. The normalized spacial score (nSPS) is 11.5. The Morgan fingerprint density at radius 2 is 0.818 bits per heavy atom. The van der Waals surface area contributed by atoms with Gasteiger partial charge in [-0.05, 0) is 43.2 Å². The summed E-state index contributed by atoms with van der Waals surface area (Å²) in [6, 6.07) is 9.89. The number of aryl methyl sites for hydroxylation is 1. The molecule has 1 aromatic carbocycles. The Morgan fingerprint density at radius 1 is 0.455 bits per heavy atom. The number of rotatable bonds is 22. The molecule has 0 aromatic heterocycles. The molecule has 0 atom stereocenters. The zero-order valence-electron chi connectivity index (χ0n) is 23.0. The third-order valence-corrected chi connectivity index (χ3v) is 12.1. The molecule has 0 nitrogen and oxygen atoms in total. The number of benzene rings is 1. The van der Waals surface area contributed by atoms with Gasteiger partial charge < -0.3 is 12.4 Å². The van der Waals surface area contributed by atoms with Gasteiger partial charge in [-0.3, -0.25) is 0 Å². The van der Waals surface area contributed by atoms with E-state index >= 15 is 0 Å². The summed E-state index contributed by atoms with van der Waals surface area (Å²) in [4.78, 5) is 0. The molecule has 33 heavy (non-hydrogen) atoms. The van der Waals surface area contributed by atoms with Gasteiger partial charge in [0.25, 0.3) is 0 Å². The lowest BCUT2D eigenvalue weighted by atomic mass is 10.0. The predicted molar refractivity (Wildman–Crippen MR) is 152 cm³/mol. The SMILES string of the molecule is CCCCCCCCCCCCc1ccc(C[P+](CCCC)(CCCC)CCCC)cc1.[Cl-]. The second kappa shape index (κ2) is 22.4. The van der Waals surface area contributed by atoms with E-state index in [-0.39, 0.29) is 12.4 Å². The monoisotopic (exact) mass is 496 g/mol. The summed E-state index contributed by atoms with van der Waals surface area (Å²) in [6.07, 6.45) is 30.0. The van der Waals surface area contributed by atoms with Crippen LogP contribution in [-0.4, -0.2) is 18.5 Å². The van der Waals surface area contributed by atoms with Crippen molar-refractivity contribution >= 4 is 7.26 Å². The molecule has 1 aromatic rings. The summed E-state index contributed by atoms with van der Waals surface area (Å²) in [5, 5.41) is 0. The first kappa shape index (κ1) is 32.9. The van der Waals surface area contributed by atoms with Crippen molar-refractivity contribution in [3.8, 4) is 0 Å². The molecule has 1 rings (SSSR count). The average Bonchev–Trinajstić information content (AvgIpc) is 2.82. The van der Waals surface area contributed by atoms with Crippen LogP contribution in [0.1, 0.15) is 142 Å². The summed E-state index contributed by atoms with van der Waals surface area (Å²) >= 11 is 0. The molecule has 2 heteroatoms. The van der Waals surface area contributed by atoms with Gasteiger partial charge in [-0.1, -0.05) is 129 Å². The molecule has 0 unspecified atom stereocenters. The second-order valence-corrected chi connectivity index (χ2v) is 14.8. The number of halogens is 1. The Hall–Kier alpha value is -0.0600. The van der Waals surface area contributed by atoms with Gasteiger partial charge in [-0.2, -0.15) is 0 Å². The van der Waals surface area contributed by atoms with E-state index in [0.717, 1.165) is 0 Å². The van der Waals surface area contributed by atoms with Gasteiger partial charge in [0.15, 0.2) is 0 Å². The summed E-state index contributed by atoms with van der Waals surface area (Å²) in [5.41, 5.74) is 3.20. The first-order valence-corrected chi connectivity index (χ1v) is 17.2. The van der Waals surface area contributed by atoms with Crippen LogP contribution in [0.25, 0.3) is 0 Å². The minimum absolute atomic E-state index is 0. The highest BCUT2D eigenvalue weighted by Gasteiger charge is 2.35. The Bertz CT molecular complexity index is 502. The van der Waals surface area contributed by atoms with E-state index in [1.54, 1.807) is 11.1 Å². The first-order chi connectivity index (χ1) is 15.7. The lowest BCUT2D eigenvalue weighted by Crippen LogP contribution is -3.00. The van der Waals surface area contributed by atoms with Gasteiger partial charge in [0.2, 0.25) is 0 Å². The average molecular weight is 497 g/mol. The van der Waals surface area contributed by atoms with Gasteiger partial charge in [0.1, 0.15) is 0 Å². The molecule has 0 saturated carbocycles. The third-order valence-electron chi connectivity index (χ3n) is 7.32. The maximum Gasteiger partial charge on any atom is 0.0842 e. The third kappa shape index (κ3) is 16.3. The van der Waals surface area contributed by atoms with Crippen molar-refractivity contribution in [3.05, 3.63) is 35.4 Å². The topological polar surface area (TPSA) is 0 Å². The van der Waals surface area contributed by atoms with Crippen molar-refractivity contribution in [2.45, 2.75) is 143 Å². The number of hydrogen-bond acceptors (Lipinski definition) is 0. The quantitative estimate of drug-likeness (QED) is 0.112. The Morgan fingerprint density at radius 3 is 1.24 bits per heavy atom. The van der Waals surface area contributed by atoms with Crippen LogP contribution in [0.15, 0.2) is 24.3 Å². The minimum atomic E-state index is -0.829. The predicted octanol–water partition coefficient (Wildman–Crippen LogP) is 8.07. The van der Waals surface area contributed by atoms with Gasteiger partial charge in [0, 0.05) is 7.26 Å². The fourth-order valence-corrected chi connectivity index (χ4v) is 10.2. The summed E-state index contributed by atoms with van der Waals surface area (Å²) < 4.78 is 0. The van der Waals surface area contributed by atoms with Crippen molar-refractivity contribution in [2.75, 3.05) is 18.5 Å². The van der Waals surface area contributed by atoms with E-state index in [2.05, 4.69) is 52.0 Å². The Labute approximate surface area is 216 Å². The van der Waals surface area contributed by atoms with Crippen LogP contribution >= 0.6 is 7.26 Å². The molecular weight excluding hydrogens is 439 g/mol. The fraction of sp³-hybridized carbons (Fsp3) is 0.806. The van der Waals surface area contributed by atoms with Crippen LogP contribution < -0.4 is 12.4 Å². The highest BCUT2D eigenvalue weighted by molar-refractivity contribution is 7.75. The second-order valence-electron chi connectivity index (χ2n) is 10.5. The summed E-state index contributed by atoms with van der Waals surface area (Å²) in [6.45, 7) is 9.42. The van der Waals surface area contributed by atoms with E-state index in [9.17, 15) is 0 Å². The van der Waals surface area contributed by atoms with Crippen LogP contribution in [0.3, 0.4) is 0 Å². The summed E-state index contributed by atoms with van der Waals surface area (Å²) in [7, 11) is -0.829. The Kier molecular flexibility index (Phi) is 22.4. The molecule has 0 bridgehead atoms. The number of unbranched alkanes of at least 4 members (excludes halogenated alkanes) is 12. The van der Waals surface area contributed by atoms with Crippen molar-refractivity contribution in [2.24, 2.45) is 0 Å². The fourth-order valence-electron chi connectivity index (χ4n) is 5.07. The molecular formula is C31H58ClP. The van der Waals surface area contributed by atoms with Crippen LogP contribution in [0.5, 0.6) is 0 Å². The first-order valence-electron chi connectivity index (χ1n) is 14.6. The van der Waals surface area contributed by atoms with Crippen molar-refractivity contribution in [1.82, 2.24) is 0 Å². The maximum atomic E-state index is 2.49. The number of hydrogen-bond donors (Lipinski definition) is 0. The van der Waals surface area contributed by atoms with E-state index in [1.165, 1.54) is 134 Å². The van der Waals surface area contributed by atoms with Gasteiger partial charge in [-0.25, -0.2) is 0 Å². The van der Waals surface area contributed by atoms with Crippen LogP contribution in [0.4, 0.5) is 0 Å². The van der Waals surface area contributed by atoms with Gasteiger partial charge >= 0.3 is 0 Å². The highest BCUT2D eigenvalue weighted by Crippen LogP contribution is 2.63. The van der Waals surface area contributed by atoms with Crippen molar-refractivity contribution in [1.29, 1.82) is 0 Å². The molecule has 0 fully saturated rings. The van der Waals surface area contributed by atoms with Gasteiger partial charge in [0.05, 0.1) is 24.6 Å². The van der Waals surface area contributed by atoms with E-state index in [1.807, 2.05) is 0 Å². The largest absolute Gasteiger partial charge is 1.00 e. The molecule has 0 heterocycles. The van der Waals surface area contributed by atoms with Crippen LogP contribution in [-0.2, 0) is 12.6 Å². The smallest absolute Gasteiger partial charge is 0.0842 e. The van der Waals surface area contributed by atoms with E-state index in [4.69, 9.17) is 0 Å². The summed E-state index contributed by atoms with van der Waals surface area (Å²) in [5.74, 6) is 0. The molecule has 0 aliphatic rings. The molecule has 0 N–H and O–H groups in total. The van der Waals surface area contributed by atoms with Crippen molar-refractivity contribution < 1.29 is 12.4 Å². The minimum Gasteiger partial charge on any atom is -1.00 e. The van der Waals surface area contributed by atoms with E-state index < -0.39 is 7.26 Å². The Balaban J connectivity index is 0.0000102. The lowest BCUT2D eigenvalue weighted by Gasteiger charge is -2.28. The molecule has 0 spiro atoms. The van der Waals surface area contributed by atoms with Crippen LogP contribution in [0.2, 0.25) is 0 Å². The molecule has 0 radical (unpaired) electrons. The molecule has 0 amide bonds. The van der Waals surface area contributed by atoms with Gasteiger partial charge in [-0.15, -0.1) is 0 Å². The van der Waals surface area contributed by atoms with Crippen molar-refractivity contribution in [3.63, 3.8) is 0 Å². The maximum absolute atomic E-state index is 2.49.